The molecule has 0 aliphatic carbocycles. The van der Waals surface area contributed by atoms with Gasteiger partial charge in [-0.25, -0.2) is 9.97 Å². The molecule has 0 aliphatic rings. The highest BCUT2D eigenvalue weighted by molar-refractivity contribution is 6.34. The van der Waals surface area contributed by atoms with Gasteiger partial charge in [0.2, 0.25) is 0 Å². The fourth-order valence-corrected chi connectivity index (χ4v) is 1.82. The van der Waals surface area contributed by atoms with E-state index in [1.807, 2.05) is 0 Å². The average molecular weight is 240 g/mol. The van der Waals surface area contributed by atoms with E-state index in [0.29, 0.717) is 22.6 Å². The number of hydrogen-bond donors (Lipinski definition) is 2. The molecule has 2 heterocycles. The van der Waals surface area contributed by atoms with E-state index in [0.717, 1.165) is 5.56 Å². The van der Waals surface area contributed by atoms with Crippen molar-refractivity contribution < 1.29 is 9.90 Å². The van der Waals surface area contributed by atoms with Crippen molar-refractivity contribution in [2.24, 2.45) is 5.92 Å². The molecule has 1 unspecified atom stereocenters. The lowest BCUT2D eigenvalue weighted by atomic mass is 10.0. The van der Waals surface area contributed by atoms with Crippen molar-refractivity contribution in [2.75, 3.05) is 0 Å². The first-order valence-electron chi connectivity index (χ1n) is 4.79. The van der Waals surface area contributed by atoms with E-state index in [2.05, 4.69) is 15.0 Å². The van der Waals surface area contributed by atoms with E-state index >= 15 is 0 Å². The standard InChI is InChI=1S/C10H10ClN3O2/c1-5(10(15)16)2-6-3-12-9-7(6)8(11)13-4-14-9/h3-5H,2H2,1H3,(H,15,16)(H,12,13,14). The number of aromatic amines is 1. The third-order valence-electron chi connectivity index (χ3n) is 2.45. The number of carbonyl (C=O) groups is 1. The lowest BCUT2D eigenvalue weighted by Crippen LogP contribution is -2.12. The largest absolute Gasteiger partial charge is 0.481 e. The fraction of sp³-hybridized carbons (Fsp3) is 0.300. The SMILES string of the molecule is CC(Cc1c[nH]c2ncnc(Cl)c12)C(=O)O. The van der Waals surface area contributed by atoms with Crippen LogP contribution in [-0.2, 0) is 11.2 Å². The van der Waals surface area contributed by atoms with Gasteiger partial charge in [0.05, 0.1) is 11.3 Å². The second-order valence-corrected chi connectivity index (χ2v) is 4.00. The van der Waals surface area contributed by atoms with Gasteiger partial charge in [-0.1, -0.05) is 18.5 Å². The number of carboxylic acids is 1. The van der Waals surface area contributed by atoms with Gasteiger partial charge in [-0.3, -0.25) is 4.79 Å². The summed E-state index contributed by atoms with van der Waals surface area (Å²) in [6.45, 7) is 1.65. The van der Waals surface area contributed by atoms with Crippen LogP contribution in [0.5, 0.6) is 0 Å². The van der Waals surface area contributed by atoms with E-state index in [4.69, 9.17) is 16.7 Å². The quantitative estimate of drug-likeness (QED) is 0.802. The second-order valence-electron chi connectivity index (χ2n) is 3.65. The highest BCUT2D eigenvalue weighted by Crippen LogP contribution is 2.24. The summed E-state index contributed by atoms with van der Waals surface area (Å²) in [5.41, 5.74) is 1.46. The lowest BCUT2D eigenvalue weighted by molar-refractivity contribution is -0.141. The zero-order valence-electron chi connectivity index (χ0n) is 8.57. The molecule has 0 saturated carbocycles. The van der Waals surface area contributed by atoms with Gasteiger partial charge < -0.3 is 10.1 Å². The molecule has 16 heavy (non-hydrogen) atoms. The number of halogens is 1. The maximum Gasteiger partial charge on any atom is 0.306 e. The van der Waals surface area contributed by atoms with Crippen LogP contribution in [0.2, 0.25) is 5.15 Å². The summed E-state index contributed by atoms with van der Waals surface area (Å²) in [4.78, 5) is 21.6. The zero-order chi connectivity index (χ0) is 11.7. The number of nitrogens with one attached hydrogen (secondary N) is 1. The molecule has 6 heteroatoms. The number of nitrogens with zero attached hydrogens (tertiary/aromatic N) is 2. The predicted molar refractivity (Wildman–Crippen MR) is 59.4 cm³/mol. The Morgan fingerprint density at radius 3 is 3.06 bits per heavy atom. The highest BCUT2D eigenvalue weighted by Gasteiger charge is 2.16. The predicted octanol–water partition coefficient (Wildman–Crippen LogP) is 1.87. The Bertz CT molecular complexity index is 538. The van der Waals surface area contributed by atoms with Crippen molar-refractivity contribution in [3.63, 3.8) is 0 Å². The average Bonchev–Trinajstić information content (AvgIpc) is 2.63. The number of H-pyrrole nitrogens is 1. The minimum absolute atomic E-state index is 0.346. The number of aromatic nitrogens is 3. The van der Waals surface area contributed by atoms with E-state index < -0.39 is 11.9 Å². The van der Waals surface area contributed by atoms with Crippen molar-refractivity contribution in [3.8, 4) is 0 Å². The van der Waals surface area contributed by atoms with E-state index in [9.17, 15) is 4.79 Å². The van der Waals surface area contributed by atoms with Crippen LogP contribution in [-0.4, -0.2) is 26.0 Å². The van der Waals surface area contributed by atoms with Gasteiger partial charge in [0.15, 0.2) is 0 Å². The van der Waals surface area contributed by atoms with Crippen LogP contribution in [0.3, 0.4) is 0 Å². The number of carboxylic acid groups (broad SMARTS) is 1. The molecule has 0 amide bonds. The topological polar surface area (TPSA) is 78.9 Å². The van der Waals surface area contributed by atoms with Crippen LogP contribution in [0, 0.1) is 5.92 Å². The first kappa shape index (κ1) is 10.9. The van der Waals surface area contributed by atoms with E-state index in [1.54, 1.807) is 13.1 Å². The van der Waals surface area contributed by atoms with Crippen molar-refractivity contribution >= 4 is 28.6 Å². The van der Waals surface area contributed by atoms with Crippen molar-refractivity contribution in [1.29, 1.82) is 0 Å². The molecular weight excluding hydrogens is 230 g/mol. The van der Waals surface area contributed by atoms with Crippen LogP contribution >= 0.6 is 11.6 Å². The van der Waals surface area contributed by atoms with Crippen molar-refractivity contribution in [3.05, 3.63) is 23.2 Å². The first-order valence-corrected chi connectivity index (χ1v) is 5.16. The molecule has 1 atom stereocenters. The van der Waals surface area contributed by atoms with Crippen LogP contribution < -0.4 is 0 Å². The van der Waals surface area contributed by atoms with Crippen LogP contribution in [0.15, 0.2) is 12.5 Å². The number of aliphatic carboxylic acids is 1. The maximum absolute atomic E-state index is 10.8. The smallest absolute Gasteiger partial charge is 0.306 e. The van der Waals surface area contributed by atoms with Crippen molar-refractivity contribution in [1.82, 2.24) is 15.0 Å². The third-order valence-corrected chi connectivity index (χ3v) is 2.74. The normalized spacial score (nSPS) is 12.9. The van der Waals surface area contributed by atoms with Gasteiger partial charge in [-0.2, -0.15) is 0 Å². The summed E-state index contributed by atoms with van der Waals surface area (Å²) in [7, 11) is 0. The van der Waals surface area contributed by atoms with E-state index in [-0.39, 0.29) is 0 Å². The van der Waals surface area contributed by atoms with E-state index in [1.165, 1.54) is 6.33 Å². The zero-order valence-corrected chi connectivity index (χ0v) is 9.32. The molecule has 2 aromatic rings. The summed E-state index contributed by atoms with van der Waals surface area (Å²) in [6, 6.07) is 0. The highest BCUT2D eigenvalue weighted by atomic mass is 35.5. The van der Waals surface area contributed by atoms with Crippen LogP contribution in [0.4, 0.5) is 0 Å². The summed E-state index contributed by atoms with van der Waals surface area (Å²) in [5.74, 6) is -1.29. The third kappa shape index (κ3) is 1.86. The minimum atomic E-state index is -0.831. The Morgan fingerprint density at radius 1 is 1.62 bits per heavy atom. The van der Waals surface area contributed by atoms with Gasteiger partial charge in [-0.05, 0) is 12.0 Å². The molecule has 2 rings (SSSR count). The fourth-order valence-electron chi connectivity index (χ4n) is 1.56. The molecule has 0 aliphatic heterocycles. The summed E-state index contributed by atoms with van der Waals surface area (Å²) < 4.78 is 0. The Hall–Kier alpha value is -1.62. The molecule has 0 saturated heterocycles. The number of rotatable bonds is 3. The molecular formula is C10H10ClN3O2. The molecule has 0 bridgehead atoms. The van der Waals surface area contributed by atoms with Gasteiger partial charge in [0.25, 0.3) is 0 Å². The molecule has 5 nitrogen and oxygen atoms in total. The minimum Gasteiger partial charge on any atom is -0.481 e. The molecule has 2 aromatic heterocycles. The Balaban J connectivity index is 2.42. The van der Waals surface area contributed by atoms with Crippen LogP contribution in [0.1, 0.15) is 12.5 Å². The van der Waals surface area contributed by atoms with Crippen molar-refractivity contribution in [2.45, 2.75) is 13.3 Å². The summed E-state index contributed by atoms with van der Waals surface area (Å²) in [5, 5.41) is 9.90. The molecule has 0 spiro atoms. The summed E-state index contributed by atoms with van der Waals surface area (Å²) >= 11 is 5.95. The Kier molecular flexibility index (Phi) is 2.78. The maximum atomic E-state index is 10.8. The Morgan fingerprint density at radius 2 is 2.38 bits per heavy atom. The van der Waals surface area contributed by atoms with Crippen LogP contribution in [0.25, 0.3) is 11.0 Å². The lowest BCUT2D eigenvalue weighted by Gasteiger charge is -2.04. The molecule has 0 radical (unpaired) electrons. The monoisotopic (exact) mass is 239 g/mol. The molecule has 84 valence electrons. The molecule has 2 N–H and O–H groups in total. The molecule has 0 aromatic carbocycles. The second kappa shape index (κ2) is 4.09. The van der Waals surface area contributed by atoms with Gasteiger partial charge >= 0.3 is 5.97 Å². The first-order chi connectivity index (χ1) is 7.59. The molecule has 0 fully saturated rings. The van der Waals surface area contributed by atoms with Gasteiger partial charge in [0, 0.05) is 6.20 Å². The van der Waals surface area contributed by atoms with Gasteiger partial charge in [0.1, 0.15) is 17.1 Å². The number of fused-ring (bicyclic) bond motifs is 1. The summed E-state index contributed by atoms with van der Waals surface area (Å²) in [6.07, 6.45) is 3.50. The van der Waals surface area contributed by atoms with Gasteiger partial charge in [-0.15, -0.1) is 0 Å². The number of hydrogen-bond acceptors (Lipinski definition) is 3. The Labute approximate surface area is 96.5 Å².